The lowest BCUT2D eigenvalue weighted by atomic mass is 10.1. The highest BCUT2D eigenvalue weighted by Gasteiger charge is 2.19. The molecule has 2 aromatic rings. The van der Waals surface area contributed by atoms with E-state index in [9.17, 15) is 4.79 Å². The van der Waals surface area contributed by atoms with Crippen molar-refractivity contribution in [1.29, 1.82) is 0 Å². The molecule has 22 heavy (non-hydrogen) atoms. The second-order valence-electron chi connectivity index (χ2n) is 5.02. The van der Waals surface area contributed by atoms with E-state index >= 15 is 0 Å². The molecule has 1 aliphatic rings. The predicted molar refractivity (Wildman–Crippen MR) is 92.0 cm³/mol. The summed E-state index contributed by atoms with van der Waals surface area (Å²) in [5.41, 5.74) is 2.45. The minimum Gasteiger partial charge on any atom is -0.493 e. The van der Waals surface area contributed by atoms with Crippen LogP contribution in [-0.4, -0.2) is 29.2 Å². The number of benzene rings is 1. The maximum Gasteiger partial charge on any atom is 0.257 e. The second kappa shape index (κ2) is 7.56. The SMILES string of the molecule is Br.CCNCCn1cnc2c(c1=O)CCOc1ccccc1-2. The zero-order valence-corrected chi connectivity index (χ0v) is 14.3. The number of fused-ring (bicyclic) bond motifs is 3. The second-order valence-corrected chi connectivity index (χ2v) is 5.02. The highest BCUT2D eigenvalue weighted by atomic mass is 79.9. The summed E-state index contributed by atoms with van der Waals surface area (Å²) in [5, 5.41) is 3.22. The molecule has 0 unspecified atom stereocenters. The van der Waals surface area contributed by atoms with Crippen LogP contribution in [0.3, 0.4) is 0 Å². The number of ether oxygens (including phenoxy) is 1. The van der Waals surface area contributed by atoms with Gasteiger partial charge in [-0.3, -0.25) is 9.36 Å². The first kappa shape index (κ1) is 16.7. The summed E-state index contributed by atoms with van der Waals surface area (Å²) < 4.78 is 7.40. The molecule has 0 saturated heterocycles. The van der Waals surface area contributed by atoms with Crippen LogP contribution < -0.4 is 15.6 Å². The van der Waals surface area contributed by atoms with E-state index in [0.29, 0.717) is 19.6 Å². The van der Waals surface area contributed by atoms with Gasteiger partial charge in [-0.1, -0.05) is 19.1 Å². The standard InChI is InChI=1S/C16H19N3O2.BrH/c1-2-17-8-9-19-11-18-15-12-5-3-4-6-14(12)21-10-7-13(15)16(19)20;/h3-6,11,17H,2,7-10H2,1H3;1H. The first-order valence-electron chi connectivity index (χ1n) is 7.32. The first-order chi connectivity index (χ1) is 10.3. The van der Waals surface area contributed by atoms with E-state index in [1.807, 2.05) is 31.2 Å². The Balaban J connectivity index is 0.00000176. The van der Waals surface area contributed by atoms with Gasteiger partial charge in [0, 0.05) is 30.6 Å². The van der Waals surface area contributed by atoms with Crippen molar-refractivity contribution in [2.45, 2.75) is 19.9 Å². The van der Waals surface area contributed by atoms with Gasteiger partial charge in [-0.15, -0.1) is 17.0 Å². The molecular formula is C16H20BrN3O2. The molecule has 1 aromatic heterocycles. The average Bonchev–Trinajstić information content (AvgIpc) is 2.70. The van der Waals surface area contributed by atoms with Crippen molar-refractivity contribution in [2.24, 2.45) is 0 Å². The quantitative estimate of drug-likeness (QED) is 0.842. The van der Waals surface area contributed by atoms with Crippen molar-refractivity contribution in [2.75, 3.05) is 19.7 Å². The predicted octanol–water partition coefficient (Wildman–Crippen LogP) is 2.03. The molecule has 1 N–H and O–H groups in total. The summed E-state index contributed by atoms with van der Waals surface area (Å²) in [6.07, 6.45) is 2.23. The Morgan fingerprint density at radius 3 is 3.00 bits per heavy atom. The number of likely N-dealkylation sites (N-methyl/N-ethyl adjacent to an activating group) is 1. The van der Waals surface area contributed by atoms with E-state index in [-0.39, 0.29) is 22.5 Å². The number of aromatic nitrogens is 2. The lowest BCUT2D eigenvalue weighted by Crippen LogP contribution is -2.30. The monoisotopic (exact) mass is 365 g/mol. The number of hydrogen-bond donors (Lipinski definition) is 1. The molecule has 0 bridgehead atoms. The molecule has 0 amide bonds. The lowest BCUT2D eigenvalue weighted by molar-refractivity contribution is 0.326. The third-order valence-electron chi connectivity index (χ3n) is 3.66. The van der Waals surface area contributed by atoms with Gasteiger partial charge in [0.15, 0.2) is 0 Å². The number of rotatable bonds is 4. The fraction of sp³-hybridized carbons (Fsp3) is 0.375. The molecule has 5 nitrogen and oxygen atoms in total. The zero-order chi connectivity index (χ0) is 14.7. The summed E-state index contributed by atoms with van der Waals surface area (Å²) in [7, 11) is 0. The molecule has 0 atom stereocenters. The molecule has 0 fully saturated rings. The molecule has 118 valence electrons. The van der Waals surface area contributed by atoms with Crippen LogP contribution in [0.15, 0.2) is 35.4 Å². The van der Waals surface area contributed by atoms with Crippen LogP contribution >= 0.6 is 17.0 Å². The Morgan fingerprint density at radius 2 is 2.18 bits per heavy atom. The van der Waals surface area contributed by atoms with Gasteiger partial charge in [0.05, 0.1) is 18.6 Å². The number of nitrogens with one attached hydrogen (secondary N) is 1. The molecule has 0 aliphatic carbocycles. The van der Waals surface area contributed by atoms with Crippen LogP contribution in [0.5, 0.6) is 5.75 Å². The van der Waals surface area contributed by atoms with Crippen molar-refractivity contribution < 1.29 is 4.74 Å². The van der Waals surface area contributed by atoms with E-state index in [1.165, 1.54) is 0 Å². The third-order valence-corrected chi connectivity index (χ3v) is 3.66. The molecule has 1 aromatic carbocycles. The molecule has 6 heteroatoms. The van der Waals surface area contributed by atoms with E-state index in [4.69, 9.17) is 4.74 Å². The number of nitrogens with zero attached hydrogens (tertiary/aromatic N) is 2. The summed E-state index contributed by atoms with van der Waals surface area (Å²) in [6, 6.07) is 7.74. The van der Waals surface area contributed by atoms with E-state index in [1.54, 1.807) is 10.9 Å². The summed E-state index contributed by atoms with van der Waals surface area (Å²) >= 11 is 0. The van der Waals surface area contributed by atoms with Crippen molar-refractivity contribution in [3.05, 3.63) is 46.5 Å². The summed E-state index contributed by atoms with van der Waals surface area (Å²) in [6.45, 7) is 4.86. The van der Waals surface area contributed by atoms with Gasteiger partial charge in [0.25, 0.3) is 5.56 Å². The van der Waals surface area contributed by atoms with Gasteiger partial charge in [0.2, 0.25) is 0 Å². The van der Waals surface area contributed by atoms with Crippen LogP contribution in [0.4, 0.5) is 0 Å². The number of halogens is 1. The average molecular weight is 366 g/mol. The Hall–Kier alpha value is -1.66. The molecule has 3 rings (SSSR count). The van der Waals surface area contributed by atoms with Crippen molar-refractivity contribution in [1.82, 2.24) is 14.9 Å². The van der Waals surface area contributed by atoms with Crippen LogP contribution in [0.2, 0.25) is 0 Å². The molecule has 0 saturated carbocycles. The van der Waals surface area contributed by atoms with Crippen molar-refractivity contribution in [3.8, 4) is 17.0 Å². The van der Waals surface area contributed by atoms with Gasteiger partial charge in [-0.2, -0.15) is 0 Å². The Kier molecular flexibility index (Phi) is 5.74. The van der Waals surface area contributed by atoms with Gasteiger partial charge in [-0.25, -0.2) is 4.98 Å². The molecular weight excluding hydrogens is 346 g/mol. The number of hydrogen-bond acceptors (Lipinski definition) is 4. The fourth-order valence-electron chi connectivity index (χ4n) is 2.58. The largest absolute Gasteiger partial charge is 0.493 e. The normalized spacial score (nSPS) is 12.4. The van der Waals surface area contributed by atoms with Crippen LogP contribution in [0.25, 0.3) is 11.3 Å². The van der Waals surface area contributed by atoms with E-state index < -0.39 is 0 Å². The Bertz CT molecular complexity index is 700. The molecule has 0 spiro atoms. The van der Waals surface area contributed by atoms with Crippen LogP contribution in [-0.2, 0) is 13.0 Å². The fourth-order valence-corrected chi connectivity index (χ4v) is 2.58. The number of para-hydroxylation sites is 1. The lowest BCUT2D eigenvalue weighted by Gasteiger charge is -2.10. The summed E-state index contributed by atoms with van der Waals surface area (Å²) in [4.78, 5) is 17.1. The minimum atomic E-state index is 0. The smallest absolute Gasteiger partial charge is 0.257 e. The van der Waals surface area contributed by atoms with E-state index in [2.05, 4.69) is 10.3 Å². The van der Waals surface area contributed by atoms with Crippen molar-refractivity contribution in [3.63, 3.8) is 0 Å². The minimum absolute atomic E-state index is 0. The Labute approximate surface area is 140 Å². The topological polar surface area (TPSA) is 56.2 Å². The summed E-state index contributed by atoms with van der Waals surface area (Å²) in [5.74, 6) is 0.800. The van der Waals surface area contributed by atoms with Crippen molar-refractivity contribution >= 4 is 17.0 Å². The van der Waals surface area contributed by atoms with Crippen LogP contribution in [0, 0.1) is 0 Å². The maximum atomic E-state index is 12.6. The van der Waals surface area contributed by atoms with Crippen LogP contribution in [0.1, 0.15) is 12.5 Å². The van der Waals surface area contributed by atoms with Gasteiger partial charge in [0.1, 0.15) is 5.75 Å². The van der Waals surface area contributed by atoms with Gasteiger partial charge >= 0.3 is 0 Å². The highest BCUT2D eigenvalue weighted by molar-refractivity contribution is 8.93. The van der Waals surface area contributed by atoms with E-state index in [0.717, 1.165) is 35.7 Å². The third kappa shape index (κ3) is 3.23. The first-order valence-corrected chi connectivity index (χ1v) is 7.32. The zero-order valence-electron chi connectivity index (χ0n) is 12.5. The highest BCUT2D eigenvalue weighted by Crippen LogP contribution is 2.31. The van der Waals surface area contributed by atoms with Gasteiger partial charge < -0.3 is 10.1 Å². The molecule has 2 heterocycles. The molecule has 1 aliphatic heterocycles. The maximum absolute atomic E-state index is 12.6. The molecule has 0 radical (unpaired) electrons. The van der Waals surface area contributed by atoms with Gasteiger partial charge in [-0.05, 0) is 18.7 Å². The Morgan fingerprint density at radius 1 is 1.36 bits per heavy atom.